The van der Waals surface area contributed by atoms with E-state index in [1.807, 2.05) is 41.1 Å². The lowest BCUT2D eigenvalue weighted by molar-refractivity contribution is -0.0858. The Morgan fingerprint density at radius 1 is 1.18 bits per heavy atom. The molecule has 8 heteroatoms. The molecule has 144 valence electrons. The minimum atomic E-state index is -1.11. The summed E-state index contributed by atoms with van der Waals surface area (Å²) >= 11 is 1.59. The number of hydrogen-bond acceptors (Lipinski definition) is 6. The summed E-state index contributed by atoms with van der Waals surface area (Å²) in [4.78, 5) is 11.3. The zero-order valence-electron chi connectivity index (χ0n) is 15.2. The summed E-state index contributed by atoms with van der Waals surface area (Å²) in [5, 5.41) is 34.3. The molecule has 1 amide bonds. The van der Waals surface area contributed by atoms with E-state index in [4.69, 9.17) is 5.73 Å². The molecule has 0 bridgehead atoms. The molecular weight excluding hydrogens is 376 g/mol. The fraction of sp³-hybridized carbons (Fsp3) is 0.250. The minimum Gasteiger partial charge on any atom is -0.465 e. The van der Waals surface area contributed by atoms with E-state index in [2.05, 4.69) is 15.5 Å². The molecule has 1 aromatic carbocycles. The second-order valence-corrected chi connectivity index (χ2v) is 8.26. The fourth-order valence-electron chi connectivity index (χ4n) is 4.02. The Morgan fingerprint density at radius 2 is 1.89 bits per heavy atom. The Hall–Kier alpha value is -2.97. The number of hydrogen-bond donors (Lipinski definition) is 4. The number of carbonyl (C=O) groups is 1. The van der Waals surface area contributed by atoms with Crippen molar-refractivity contribution in [1.29, 1.82) is 0 Å². The number of aliphatic hydroxyl groups is 1. The van der Waals surface area contributed by atoms with Gasteiger partial charge in [-0.1, -0.05) is 24.3 Å². The maximum atomic E-state index is 11.3. The van der Waals surface area contributed by atoms with Crippen LogP contribution in [0.25, 0.3) is 22.4 Å². The first-order valence-corrected chi connectivity index (χ1v) is 9.73. The van der Waals surface area contributed by atoms with Crippen molar-refractivity contribution in [2.45, 2.75) is 30.9 Å². The summed E-state index contributed by atoms with van der Waals surface area (Å²) in [6.07, 6.45) is -0.454. The normalized spacial score (nSPS) is 23.8. The van der Waals surface area contributed by atoms with E-state index >= 15 is 0 Å². The summed E-state index contributed by atoms with van der Waals surface area (Å²) in [7, 11) is 0. The van der Waals surface area contributed by atoms with Gasteiger partial charge in [-0.25, -0.2) is 4.79 Å². The van der Waals surface area contributed by atoms with Crippen LogP contribution in [-0.2, 0) is 5.54 Å². The predicted molar refractivity (Wildman–Crippen MR) is 108 cm³/mol. The molecule has 1 aliphatic rings. The number of nitrogens with two attached hydrogens (primary N) is 1. The van der Waals surface area contributed by atoms with Crippen molar-refractivity contribution >= 4 is 23.2 Å². The van der Waals surface area contributed by atoms with E-state index in [1.54, 1.807) is 24.3 Å². The van der Waals surface area contributed by atoms with Crippen molar-refractivity contribution < 1.29 is 15.0 Å². The van der Waals surface area contributed by atoms with Gasteiger partial charge in [-0.05, 0) is 40.9 Å². The van der Waals surface area contributed by atoms with Gasteiger partial charge >= 0.3 is 6.09 Å². The molecule has 7 nitrogen and oxygen atoms in total. The number of carboxylic acid groups (broad SMARTS) is 1. The van der Waals surface area contributed by atoms with Crippen molar-refractivity contribution in [3.05, 3.63) is 52.7 Å². The topological polar surface area (TPSA) is 121 Å². The highest BCUT2D eigenvalue weighted by Gasteiger charge is 2.53. The lowest BCUT2D eigenvalue weighted by Crippen LogP contribution is -2.61. The molecule has 5 N–H and O–H groups in total. The van der Waals surface area contributed by atoms with E-state index in [1.165, 1.54) is 0 Å². The van der Waals surface area contributed by atoms with Crippen LogP contribution in [0.5, 0.6) is 0 Å². The molecule has 1 saturated carbocycles. The summed E-state index contributed by atoms with van der Waals surface area (Å²) in [6, 6.07) is 11.3. The summed E-state index contributed by atoms with van der Waals surface area (Å²) in [5.41, 5.74) is 8.46. The summed E-state index contributed by atoms with van der Waals surface area (Å²) in [5.74, 6) is 0.350. The molecular formula is C20H20N4O3S. The molecule has 1 aliphatic carbocycles. The van der Waals surface area contributed by atoms with Crippen molar-refractivity contribution in [3.8, 4) is 22.4 Å². The number of nitrogens with zero attached hydrogens (tertiary/aromatic N) is 2. The average Bonchev–Trinajstić information content (AvgIpc) is 3.14. The smallest absolute Gasteiger partial charge is 0.405 e. The number of rotatable bonds is 4. The van der Waals surface area contributed by atoms with Gasteiger partial charge in [0.2, 0.25) is 0 Å². The first-order valence-electron chi connectivity index (χ1n) is 8.78. The largest absolute Gasteiger partial charge is 0.465 e. The molecule has 3 aromatic rings. The Kier molecular flexibility index (Phi) is 4.32. The van der Waals surface area contributed by atoms with Crippen molar-refractivity contribution in [2.75, 3.05) is 5.73 Å². The van der Waals surface area contributed by atoms with Gasteiger partial charge in [0.05, 0.1) is 11.1 Å². The van der Waals surface area contributed by atoms with Gasteiger partial charge in [0.15, 0.2) is 0 Å². The van der Waals surface area contributed by atoms with Crippen molar-refractivity contribution in [1.82, 2.24) is 15.5 Å². The number of thiophene rings is 1. The highest BCUT2D eigenvalue weighted by molar-refractivity contribution is 7.08. The van der Waals surface area contributed by atoms with Crippen LogP contribution in [-0.4, -0.2) is 32.1 Å². The zero-order chi connectivity index (χ0) is 19.9. The van der Waals surface area contributed by atoms with Gasteiger partial charge < -0.3 is 21.3 Å². The molecule has 0 unspecified atom stereocenters. The first kappa shape index (κ1) is 18.4. The van der Waals surface area contributed by atoms with E-state index < -0.39 is 17.2 Å². The lowest BCUT2D eigenvalue weighted by atomic mass is 9.62. The third kappa shape index (κ3) is 3.32. The number of nitrogen functional groups attached to an aromatic ring is 1. The van der Waals surface area contributed by atoms with E-state index in [0.717, 1.165) is 22.3 Å². The van der Waals surface area contributed by atoms with E-state index in [9.17, 15) is 15.0 Å². The van der Waals surface area contributed by atoms with E-state index in [0.29, 0.717) is 24.4 Å². The summed E-state index contributed by atoms with van der Waals surface area (Å²) in [6.45, 7) is 1.71. The van der Waals surface area contributed by atoms with Gasteiger partial charge in [0.25, 0.3) is 0 Å². The number of anilines is 1. The van der Waals surface area contributed by atoms with Gasteiger partial charge in [0, 0.05) is 24.0 Å². The number of nitrogens with one attached hydrogen (secondary N) is 1. The minimum absolute atomic E-state index is 0.327. The SMILES string of the molecule is C[C@]1(O)C[C@@](NC(=O)O)(c2ccc(-c3nnc(N)cc3-c3ccsc3)cc2)C1. The van der Waals surface area contributed by atoms with Gasteiger partial charge in [-0.3, -0.25) is 0 Å². The molecule has 2 heterocycles. The predicted octanol–water partition coefficient (Wildman–Crippen LogP) is 3.46. The number of aromatic nitrogens is 2. The molecule has 0 radical (unpaired) electrons. The standard InChI is InChI=1S/C20H20N4O3S/c1-19(27)10-20(11-19,22-18(25)26)14-4-2-12(3-5-14)17-15(8-16(21)23-24-17)13-6-7-28-9-13/h2-9,22,27H,10-11H2,1H3,(H2,21,23)(H,25,26)/t19-,20-. The maximum Gasteiger partial charge on any atom is 0.405 e. The van der Waals surface area contributed by atoms with Crippen LogP contribution in [0.1, 0.15) is 25.3 Å². The van der Waals surface area contributed by atoms with Crippen molar-refractivity contribution in [2.24, 2.45) is 0 Å². The van der Waals surface area contributed by atoms with Crippen LogP contribution in [0.4, 0.5) is 10.6 Å². The lowest BCUT2D eigenvalue weighted by Gasteiger charge is -2.51. The average molecular weight is 396 g/mol. The Labute approximate surface area is 165 Å². The summed E-state index contributed by atoms with van der Waals surface area (Å²) < 4.78 is 0. The van der Waals surface area contributed by atoms with Crippen LogP contribution in [0, 0.1) is 0 Å². The quantitative estimate of drug-likeness (QED) is 0.536. The molecule has 2 aromatic heterocycles. The van der Waals surface area contributed by atoms with Crippen LogP contribution >= 0.6 is 11.3 Å². The second-order valence-electron chi connectivity index (χ2n) is 7.48. The van der Waals surface area contributed by atoms with Crippen LogP contribution in [0.15, 0.2) is 47.2 Å². The van der Waals surface area contributed by atoms with E-state index in [-0.39, 0.29) is 0 Å². The molecule has 0 saturated heterocycles. The third-order valence-electron chi connectivity index (χ3n) is 5.07. The Morgan fingerprint density at radius 3 is 2.46 bits per heavy atom. The number of benzene rings is 1. The molecule has 0 aliphatic heterocycles. The number of amides is 1. The molecule has 1 fully saturated rings. The van der Waals surface area contributed by atoms with Gasteiger partial charge in [-0.2, -0.15) is 11.3 Å². The maximum absolute atomic E-state index is 11.3. The van der Waals surface area contributed by atoms with Crippen molar-refractivity contribution in [3.63, 3.8) is 0 Å². The van der Waals surface area contributed by atoms with Gasteiger partial charge in [0.1, 0.15) is 11.5 Å². The monoisotopic (exact) mass is 396 g/mol. The first-order chi connectivity index (χ1) is 13.3. The highest BCUT2D eigenvalue weighted by Crippen LogP contribution is 2.48. The molecule has 4 rings (SSSR count). The second kappa shape index (κ2) is 6.57. The van der Waals surface area contributed by atoms with Crippen LogP contribution < -0.4 is 11.1 Å². The molecule has 28 heavy (non-hydrogen) atoms. The Balaban J connectivity index is 1.71. The zero-order valence-corrected chi connectivity index (χ0v) is 16.0. The van der Waals surface area contributed by atoms with Gasteiger partial charge in [-0.15, -0.1) is 10.2 Å². The van der Waals surface area contributed by atoms with Crippen LogP contribution in [0.2, 0.25) is 0 Å². The van der Waals surface area contributed by atoms with Crippen LogP contribution in [0.3, 0.4) is 0 Å². The Bertz CT molecular complexity index is 1010. The molecule has 0 spiro atoms. The third-order valence-corrected chi connectivity index (χ3v) is 5.75. The fourth-order valence-corrected chi connectivity index (χ4v) is 4.68. The highest BCUT2D eigenvalue weighted by atomic mass is 32.1. The molecule has 0 atom stereocenters.